The summed E-state index contributed by atoms with van der Waals surface area (Å²) in [5.74, 6) is -0.288. The number of hydrogen-bond donors (Lipinski definition) is 2. The van der Waals surface area contributed by atoms with Gasteiger partial charge in [0.2, 0.25) is 0 Å². The van der Waals surface area contributed by atoms with Crippen molar-refractivity contribution in [2.75, 3.05) is 6.61 Å². The molecule has 0 aliphatic rings. The van der Waals surface area contributed by atoms with Gasteiger partial charge in [-0.05, 0) is 19.4 Å². The first-order valence-electron chi connectivity index (χ1n) is 5.82. The zero-order valence-electron chi connectivity index (χ0n) is 10.9. The van der Waals surface area contributed by atoms with Crippen molar-refractivity contribution in [3.8, 4) is 0 Å². The Morgan fingerprint density at radius 2 is 2.32 bits per heavy atom. The Morgan fingerprint density at radius 1 is 1.63 bits per heavy atom. The number of rotatable bonds is 3. The summed E-state index contributed by atoms with van der Waals surface area (Å²) in [6.45, 7) is 3.31. The molecule has 2 aromatic rings. The fourth-order valence-electron chi connectivity index (χ4n) is 1.76. The van der Waals surface area contributed by atoms with E-state index in [1.807, 2.05) is 0 Å². The third-order valence-electron chi connectivity index (χ3n) is 2.87. The summed E-state index contributed by atoms with van der Waals surface area (Å²) >= 11 is 1.19. The SMILES string of the molecule is Cc1c(C(=O)NC(C)CO)sc2ncn(C)c(=O)c12. The lowest BCUT2D eigenvalue weighted by Gasteiger charge is -2.09. The molecule has 0 aliphatic carbocycles. The van der Waals surface area contributed by atoms with E-state index >= 15 is 0 Å². The summed E-state index contributed by atoms with van der Waals surface area (Å²) in [4.78, 5) is 29.3. The highest BCUT2D eigenvalue weighted by molar-refractivity contribution is 7.20. The molecule has 2 heterocycles. The maximum atomic E-state index is 12.1. The van der Waals surface area contributed by atoms with Crippen LogP contribution in [0.4, 0.5) is 0 Å². The second kappa shape index (κ2) is 5.10. The molecule has 0 fully saturated rings. The van der Waals surface area contributed by atoms with Crippen LogP contribution >= 0.6 is 11.3 Å². The van der Waals surface area contributed by atoms with Crippen molar-refractivity contribution in [3.63, 3.8) is 0 Å². The standard InChI is InChI=1S/C12H15N3O3S/c1-6(4-16)14-10(17)9-7(2)8-11(19-9)13-5-15(3)12(8)18/h5-6,16H,4H2,1-3H3,(H,14,17). The van der Waals surface area contributed by atoms with Crippen LogP contribution in [0.2, 0.25) is 0 Å². The fraction of sp³-hybridized carbons (Fsp3) is 0.417. The average molecular weight is 281 g/mol. The third-order valence-corrected chi connectivity index (χ3v) is 4.07. The van der Waals surface area contributed by atoms with Crippen LogP contribution in [0.1, 0.15) is 22.2 Å². The van der Waals surface area contributed by atoms with Gasteiger partial charge in [0.15, 0.2) is 0 Å². The number of aliphatic hydroxyl groups excluding tert-OH is 1. The molecule has 0 radical (unpaired) electrons. The highest BCUT2D eigenvalue weighted by atomic mass is 32.1. The quantitative estimate of drug-likeness (QED) is 0.853. The molecule has 0 saturated carbocycles. The summed E-state index contributed by atoms with van der Waals surface area (Å²) in [7, 11) is 1.62. The van der Waals surface area contributed by atoms with Crippen LogP contribution in [0.3, 0.4) is 0 Å². The minimum atomic E-state index is -0.326. The molecule has 0 bridgehead atoms. The molecule has 19 heavy (non-hydrogen) atoms. The fourth-order valence-corrected chi connectivity index (χ4v) is 2.80. The first kappa shape index (κ1) is 13.7. The first-order chi connectivity index (χ1) is 8.95. The van der Waals surface area contributed by atoms with Crippen molar-refractivity contribution < 1.29 is 9.90 Å². The lowest BCUT2D eigenvalue weighted by Crippen LogP contribution is -2.34. The van der Waals surface area contributed by atoms with Gasteiger partial charge in [0, 0.05) is 13.1 Å². The monoisotopic (exact) mass is 281 g/mol. The third kappa shape index (κ3) is 2.39. The van der Waals surface area contributed by atoms with Crippen LogP contribution in [0.5, 0.6) is 0 Å². The summed E-state index contributed by atoms with van der Waals surface area (Å²) in [5.41, 5.74) is 0.476. The Balaban J connectivity index is 2.52. The number of amides is 1. The van der Waals surface area contributed by atoms with Crippen LogP contribution in [0.25, 0.3) is 10.2 Å². The van der Waals surface area contributed by atoms with E-state index in [1.165, 1.54) is 22.2 Å². The lowest BCUT2D eigenvalue weighted by atomic mass is 10.2. The zero-order chi connectivity index (χ0) is 14.2. The Labute approximate surface area is 113 Å². The van der Waals surface area contributed by atoms with Crippen molar-refractivity contribution in [1.82, 2.24) is 14.9 Å². The molecule has 2 N–H and O–H groups in total. The van der Waals surface area contributed by atoms with Gasteiger partial charge in [-0.2, -0.15) is 0 Å². The maximum Gasteiger partial charge on any atom is 0.262 e. The molecule has 1 unspecified atom stereocenters. The molecule has 0 saturated heterocycles. The summed E-state index contributed by atoms with van der Waals surface area (Å²) in [5, 5.41) is 12.1. The van der Waals surface area contributed by atoms with Gasteiger partial charge in [0.25, 0.3) is 11.5 Å². The smallest absolute Gasteiger partial charge is 0.262 e. The minimum Gasteiger partial charge on any atom is -0.394 e. The second-order valence-corrected chi connectivity index (χ2v) is 5.45. The Hall–Kier alpha value is -1.73. The van der Waals surface area contributed by atoms with E-state index in [1.54, 1.807) is 20.9 Å². The number of aliphatic hydroxyl groups is 1. The molecule has 102 valence electrons. The van der Waals surface area contributed by atoms with Crippen LogP contribution in [0, 0.1) is 6.92 Å². The maximum absolute atomic E-state index is 12.1. The molecule has 1 amide bonds. The van der Waals surface area contributed by atoms with Crippen molar-refractivity contribution in [1.29, 1.82) is 0 Å². The van der Waals surface area contributed by atoms with Crippen LogP contribution < -0.4 is 10.9 Å². The van der Waals surface area contributed by atoms with E-state index in [0.717, 1.165) is 0 Å². The summed E-state index contributed by atoms with van der Waals surface area (Å²) in [6.07, 6.45) is 1.44. The Bertz CT molecular complexity index is 689. The van der Waals surface area contributed by atoms with Crippen molar-refractivity contribution in [3.05, 3.63) is 27.1 Å². The topological polar surface area (TPSA) is 84.2 Å². The van der Waals surface area contributed by atoms with Crippen LogP contribution in [0.15, 0.2) is 11.1 Å². The number of carbonyl (C=O) groups is 1. The van der Waals surface area contributed by atoms with E-state index < -0.39 is 0 Å². The molecule has 2 rings (SSSR count). The molecule has 0 aliphatic heterocycles. The number of aromatic nitrogens is 2. The molecule has 0 spiro atoms. The van der Waals surface area contributed by atoms with Gasteiger partial charge in [-0.3, -0.25) is 9.59 Å². The highest BCUT2D eigenvalue weighted by Gasteiger charge is 2.19. The lowest BCUT2D eigenvalue weighted by molar-refractivity contribution is 0.0926. The largest absolute Gasteiger partial charge is 0.394 e. The normalized spacial score (nSPS) is 12.6. The summed E-state index contributed by atoms with van der Waals surface area (Å²) in [6, 6.07) is -0.326. The van der Waals surface area contributed by atoms with Crippen LogP contribution in [-0.4, -0.2) is 33.2 Å². The zero-order valence-corrected chi connectivity index (χ0v) is 11.7. The number of nitrogens with one attached hydrogen (secondary N) is 1. The van der Waals surface area contributed by atoms with Gasteiger partial charge in [0.05, 0.1) is 23.2 Å². The number of aryl methyl sites for hydroxylation is 2. The van der Waals surface area contributed by atoms with E-state index in [2.05, 4.69) is 10.3 Å². The number of fused-ring (bicyclic) bond motifs is 1. The van der Waals surface area contributed by atoms with E-state index in [4.69, 9.17) is 5.11 Å². The highest BCUT2D eigenvalue weighted by Crippen LogP contribution is 2.26. The Morgan fingerprint density at radius 3 is 2.95 bits per heavy atom. The molecule has 2 aromatic heterocycles. The molecular weight excluding hydrogens is 266 g/mol. The number of nitrogens with zero attached hydrogens (tertiary/aromatic N) is 2. The molecule has 0 aromatic carbocycles. The van der Waals surface area contributed by atoms with Gasteiger partial charge in [-0.25, -0.2) is 4.98 Å². The predicted octanol–water partition coefficient (Wildman–Crippen LogP) is 0.414. The van der Waals surface area contributed by atoms with Gasteiger partial charge in [-0.1, -0.05) is 0 Å². The Kier molecular flexibility index (Phi) is 3.68. The van der Waals surface area contributed by atoms with Crippen molar-refractivity contribution >= 4 is 27.5 Å². The van der Waals surface area contributed by atoms with Gasteiger partial charge < -0.3 is 15.0 Å². The predicted molar refractivity (Wildman–Crippen MR) is 73.6 cm³/mol. The van der Waals surface area contributed by atoms with Gasteiger partial charge in [0.1, 0.15) is 4.83 Å². The molecule has 6 nitrogen and oxygen atoms in total. The molecule has 7 heteroatoms. The van der Waals surface area contributed by atoms with Gasteiger partial charge >= 0.3 is 0 Å². The summed E-state index contributed by atoms with van der Waals surface area (Å²) < 4.78 is 1.39. The van der Waals surface area contributed by atoms with E-state index in [9.17, 15) is 9.59 Å². The average Bonchev–Trinajstić information content (AvgIpc) is 2.72. The number of carbonyl (C=O) groups excluding carboxylic acids is 1. The van der Waals surface area contributed by atoms with E-state index in [0.29, 0.717) is 20.7 Å². The van der Waals surface area contributed by atoms with E-state index in [-0.39, 0.29) is 24.1 Å². The first-order valence-corrected chi connectivity index (χ1v) is 6.63. The number of thiophene rings is 1. The van der Waals surface area contributed by atoms with Gasteiger partial charge in [-0.15, -0.1) is 11.3 Å². The van der Waals surface area contributed by atoms with Crippen LogP contribution in [-0.2, 0) is 7.05 Å². The van der Waals surface area contributed by atoms with Crippen molar-refractivity contribution in [2.45, 2.75) is 19.9 Å². The minimum absolute atomic E-state index is 0.129. The molecular formula is C12H15N3O3S. The molecule has 1 atom stereocenters. The van der Waals surface area contributed by atoms with Crippen molar-refractivity contribution in [2.24, 2.45) is 7.05 Å². The number of hydrogen-bond acceptors (Lipinski definition) is 5. The second-order valence-electron chi connectivity index (χ2n) is 4.45.